The number of thiol groups is 1. The zero-order chi connectivity index (χ0) is 23.6. The van der Waals surface area contributed by atoms with Crippen LogP contribution in [0.2, 0.25) is 0 Å². The molecule has 0 aromatic rings. The minimum atomic E-state index is -1.16. The van der Waals surface area contributed by atoms with Crippen LogP contribution < -0.4 is 21.7 Å². The minimum Gasteiger partial charge on any atom is -0.480 e. The molecular weight excluding hydrogens is 408 g/mol. The largest absolute Gasteiger partial charge is 0.480 e. The zero-order valence-electron chi connectivity index (χ0n) is 18.8. The number of carbonyl (C=O) groups is 4. The molecule has 0 heterocycles. The molecule has 9 nitrogen and oxygen atoms in total. The smallest absolute Gasteiger partial charge is 0.326 e. The van der Waals surface area contributed by atoms with Crippen LogP contribution in [0.25, 0.3) is 0 Å². The van der Waals surface area contributed by atoms with Crippen LogP contribution >= 0.6 is 12.6 Å². The van der Waals surface area contributed by atoms with Crippen molar-refractivity contribution in [3.05, 3.63) is 0 Å². The number of amides is 3. The molecule has 0 aromatic carbocycles. The second-order valence-electron chi connectivity index (χ2n) is 8.74. The molecule has 0 aliphatic rings. The summed E-state index contributed by atoms with van der Waals surface area (Å²) in [6.07, 6.45) is 0.839. The number of carbonyl (C=O) groups excluding carboxylic acids is 3. The summed E-state index contributed by atoms with van der Waals surface area (Å²) in [4.78, 5) is 49.0. The summed E-state index contributed by atoms with van der Waals surface area (Å²) in [5.74, 6) is -2.82. The van der Waals surface area contributed by atoms with E-state index in [1.54, 1.807) is 13.8 Å². The first kappa shape index (κ1) is 28.2. The Balaban J connectivity index is 5.23. The number of rotatable bonds is 13. The molecule has 0 saturated heterocycles. The highest BCUT2D eigenvalue weighted by atomic mass is 32.1. The maximum Gasteiger partial charge on any atom is 0.326 e. The number of carboxylic acids is 1. The van der Waals surface area contributed by atoms with Crippen LogP contribution in [0.4, 0.5) is 0 Å². The molecule has 0 rings (SSSR count). The average Bonchev–Trinajstić information content (AvgIpc) is 2.61. The van der Waals surface area contributed by atoms with Crippen LogP contribution in [-0.2, 0) is 19.2 Å². The highest BCUT2D eigenvalue weighted by Gasteiger charge is 2.31. The van der Waals surface area contributed by atoms with Gasteiger partial charge in [-0.3, -0.25) is 14.4 Å². The van der Waals surface area contributed by atoms with E-state index in [1.165, 1.54) is 0 Å². The first-order valence-corrected chi connectivity index (χ1v) is 10.9. The monoisotopic (exact) mass is 446 g/mol. The normalized spacial score (nSPS) is 15.4. The molecule has 0 fully saturated rings. The molecule has 6 N–H and O–H groups in total. The predicted molar refractivity (Wildman–Crippen MR) is 119 cm³/mol. The van der Waals surface area contributed by atoms with Gasteiger partial charge in [-0.15, -0.1) is 0 Å². The number of hydrogen-bond donors (Lipinski definition) is 6. The second kappa shape index (κ2) is 13.5. The van der Waals surface area contributed by atoms with Gasteiger partial charge < -0.3 is 26.8 Å². The molecule has 0 radical (unpaired) electrons. The van der Waals surface area contributed by atoms with E-state index in [1.807, 2.05) is 27.7 Å². The Morgan fingerprint density at radius 3 is 1.67 bits per heavy atom. The number of nitrogens with one attached hydrogen (secondary N) is 3. The van der Waals surface area contributed by atoms with Crippen molar-refractivity contribution >= 4 is 36.3 Å². The fourth-order valence-corrected chi connectivity index (χ4v) is 3.09. The van der Waals surface area contributed by atoms with Gasteiger partial charge in [0.05, 0.1) is 6.04 Å². The van der Waals surface area contributed by atoms with Gasteiger partial charge in [-0.2, -0.15) is 12.6 Å². The summed E-state index contributed by atoms with van der Waals surface area (Å²) in [7, 11) is 0. The van der Waals surface area contributed by atoms with Crippen molar-refractivity contribution in [3.8, 4) is 0 Å². The van der Waals surface area contributed by atoms with E-state index in [9.17, 15) is 24.3 Å². The standard InChI is InChI=1S/C20H38N4O5S/c1-10(2)7-13(21)17(25)22-14(8-11(3)4)18(26)23-15(9-30)19(27)24-16(12(5)6)20(28)29/h10-16,30H,7-9,21H2,1-6H3,(H,22,25)(H,23,26)(H,24,27)(H,28,29). The summed E-state index contributed by atoms with van der Waals surface area (Å²) in [6, 6.07) is -3.74. The van der Waals surface area contributed by atoms with E-state index >= 15 is 0 Å². The van der Waals surface area contributed by atoms with Crippen LogP contribution in [0.15, 0.2) is 0 Å². The number of aliphatic carboxylic acids is 1. The molecule has 4 unspecified atom stereocenters. The molecule has 0 spiro atoms. The van der Waals surface area contributed by atoms with Crippen molar-refractivity contribution in [2.24, 2.45) is 23.5 Å². The minimum absolute atomic E-state index is 0.0305. The third-order valence-electron chi connectivity index (χ3n) is 4.45. The van der Waals surface area contributed by atoms with E-state index in [-0.39, 0.29) is 23.5 Å². The Hall–Kier alpha value is -1.81. The fraction of sp³-hybridized carbons (Fsp3) is 0.800. The summed E-state index contributed by atoms with van der Waals surface area (Å²) < 4.78 is 0. The summed E-state index contributed by atoms with van der Waals surface area (Å²) in [5.41, 5.74) is 5.91. The highest BCUT2D eigenvalue weighted by molar-refractivity contribution is 7.80. The van der Waals surface area contributed by atoms with Gasteiger partial charge in [0, 0.05) is 5.75 Å². The molecule has 10 heteroatoms. The van der Waals surface area contributed by atoms with Crippen LogP contribution in [0.1, 0.15) is 54.4 Å². The lowest BCUT2D eigenvalue weighted by molar-refractivity contribution is -0.143. The van der Waals surface area contributed by atoms with Crippen molar-refractivity contribution < 1.29 is 24.3 Å². The van der Waals surface area contributed by atoms with Gasteiger partial charge in [-0.1, -0.05) is 41.5 Å². The zero-order valence-corrected chi connectivity index (χ0v) is 19.7. The fourth-order valence-electron chi connectivity index (χ4n) is 2.83. The van der Waals surface area contributed by atoms with Crippen molar-refractivity contribution in [1.82, 2.24) is 16.0 Å². The summed E-state index contributed by atoms with van der Waals surface area (Å²) in [6.45, 7) is 11.0. The van der Waals surface area contributed by atoms with E-state index < -0.39 is 47.9 Å². The van der Waals surface area contributed by atoms with Crippen molar-refractivity contribution in [2.45, 2.75) is 78.6 Å². The number of hydrogen-bond acceptors (Lipinski definition) is 6. The van der Waals surface area contributed by atoms with Gasteiger partial charge in [0.25, 0.3) is 0 Å². The Labute approximate surface area is 184 Å². The summed E-state index contributed by atoms with van der Waals surface area (Å²) >= 11 is 4.10. The van der Waals surface area contributed by atoms with Crippen LogP contribution in [0.3, 0.4) is 0 Å². The molecule has 0 bridgehead atoms. The lowest BCUT2D eigenvalue weighted by Gasteiger charge is -2.26. The third-order valence-corrected chi connectivity index (χ3v) is 4.81. The van der Waals surface area contributed by atoms with Crippen molar-refractivity contribution in [1.29, 1.82) is 0 Å². The highest BCUT2D eigenvalue weighted by Crippen LogP contribution is 2.09. The average molecular weight is 447 g/mol. The van der Waals surface area contributed by atoms with E-state index in [0.29, 0.717) is 12.8 Å². The van der Waals surface area contributed by atoms with Gasteiger partial charge in [0.1, 0.15) is 18.1 Å². The lowest BCUT2D eigenvalue weighted by atomic mass is 10.0. The predicted octanol–water partition coefficient (Wildman–Crippen LogP) is 0.531. The van der Waals surface area contributed by atoms with Crippen molar-refractivity contribution in [3.63, 3.8) is 0 Å². The Morgan fingerprint density at radius 1 is 0.800 bits per heavy atom. The molecule has 3 amide bonds. The molecule has 4 atom stereocenters. The molecule has 0 aliphatic carbocycles. The van der Waals surface area contributed by atoms with Gasteiger partial charge in [-0.05, 0) is 30.6 Å². The van der Waals surface area contributed by atoms with Crippen LogP contribution in [0.5, 0.6) is 0 Å². The van der Waals surface area contributed by atoms with Gasteiger partial charge in [0.15, 0.2) is 0 Å². The maximum atomic E-state index is 12.8. The Morgan fingerprint density at radius 2 is 1.27 bits per heavy atom. The first-order chi connectivity index (χ1) is 13.8. The molecule has 0 aromatic heterocycles. The quantitative estimate of drug-likeness (QED) is 0.227. The van der Waals surface area contributed by atoms with Crippen molar-refractivity contribution in [2.75, 3.05) is 5.75 Å². The molecule has 0 aliphatic heterocycles. The SMILES string of the molecule is CC(C)CC(N)C(=O)NC(CC(C)C)C(=O)NC(CS)C(=O)NC(C(=O)O)C(C)C. The first-order valence-electron chi connectivity index (χ1n) is 10.3. The maximum absolute atomic E-state index is 12.8. The Bertz CT molecular complexity index is 598. The van der Waals surface area contributed by atoms with E-state index in [2.05, 4.69) is 28.6 Å². The molecule has 0 saturated carbocycles. The lowest BCUT2D eigenvalue weighted by Crippen LogP contribution is -2.58. The van der Waals surface area contributed by atoms with Gasteiger partial charge in [0.2, 0.25) is 17.7 Å². The van der Waals surface area contributed by atoms with Crippen LogP contribution in [-0.4, -0.2) is 58.7 Å². The second-order valence-corrected chi connectivity index (χ2v) is 9.10. The molecular formula is C20H38N4O5S. The topological polar surface area (TPSA) is 151 Å². The van der Waals surface area contributed by atoms with E-state index in [4.69, 9.17) is 5.73 Å². The van der Waals surface area contributed by atoms with Gasteiger partial charge in [-0.25, -0.2) is 4.79 Å². The third kappa shape index (κ3) is 10.3. The van der Waals surface area contributed by atoms with E-state index in [0.717, 1.165) is 0 Å². The number of carboxylic acid groups (broad SMARTS) is 1. The van der Waals surface area contributed by atoms with Gasteiger partial charge >= 0.3 is 5.97 Å². The Kier molecular flexibility index (Phi) is 12.7. The molecule has 174 valence electrons. The van der Waals surface area contributed by atoms with Crippen LogP contribution in [0, 0.1) is 17.8 Å². The molecule has 30 heavy (non-hydrogen) atoms. The summed E-state index contributed by atoms with van der Waals surface area (Å²) in [5, 5.41) is 16.9. The number of nitrogens with two attached hydrogens (primary N) is 1.